The van der Waals surface area contributed by atoms with Gasteiger partial charge in [0, 0.05) is 23.7 Å². The fourth-order valence-corrected chi connectivity index (χ4v) is 5.87. The summed E-state index contributed by atoms with van der Waals surface area (Å²) in [6.07, 6.45) is 5.12. The molecule has 2 aromatic rings. The van der Waals surface area contributed by atoms with Crippen LogP contribution in [0.15, 0.2) is 39.9 Å². The van der Waals surface area contributed by atoms with Crippen LogP contribution in [0.4, 0.5) is 0 Å². The number of nitrogens with one attached hydrogen (secondary N) is 1. The predicted molar refractivity (Wildman–Crippen MR) is 133 cm³/mol. The summed E-state index contributed by atoms with van der Waals surface area (Å²) in [4.78, 5) is 6.46. The minimum atomic E-state index is -3.37. The summed E-state index contributed by atoms with van der Waals surface area (Å²) in [6.45, 7) is 4.29. The van der Waals surface area contributed by atoms with Crippen molar-refractivity contribution >= 4 is 15.6 Å². The van der Waals surface area contributed by atoms with Crippen molar-refractivity contribution in [2.75, 3.05) is 26.4 Å². The van der Waals surface area contributed by atoms with Crippen LogP contribution in [-0.4, -0.2) is 62.0 Å². The maximum atomic E-state index is 12.6. The van der Waals surface area contributed by atoms with E-state index in [1.54, 1.807) is 18.2 Å². The van der Waals surface area contributed by atoms with Gasteiger partial charge in [0.25, 0.3) is 5.89 Å². The van der Waals surface area contributed by atoms with Gasteiger partial charge in [-0.25, -0.2) is 13.1 Å². The molecule has 1 heterocycles. The lowest BCUT2D eigenvalue weighted by molar-refractivity contribution is 0.241. The average molecular weight is 498 g/mol. The lowest BCUT2D eigenvalue weighted by atomic mass is 9.91. The smallest absolute Gasteiger partial charge is 0.258 e. The number of nitrogens with zero attached hydrogens (tertiary/aromatic N) is 4. The van der Waals surface area contributed by atoms with E-state index in [1.165, 1.54) is 0 Å². The molecule has 1 aromatic heterocycles. The van der Waals surface area contributed by atoms with E-state index in [9.17, 15) is 13.7 Å². The van der Waals surface area contributed by atoms with Gasteiger partial charge in [-0.15, -0.1) is 0 Å². The standard InChI is InChI=1S/C25H31N5O4S/c1-16(2)33-23-11-8-17(14-18(23)15-26)25-27-24(28-34-25)21-7-5-6-20-19(21)9-10-22(20)29-35(31,32)13-12-30(3)4/h7-8,11,14,16,22,29H,5-6,9-10,12-13H2,1-4H3. The molecular formula is C25H31N5O4S. The van der Waals surface area contributed by atoms with Gasteiger partial charge in [-0.05, 0) is 83.0 Å². The van der Waals surface area contributed by atoms with Crippen LogP contribution in [0.5, 0.6) is 5.75 Å². The van der Waals surface area contributed by atoms with Crippen molar-refractivity contribution in [2.24, 2.45) is 0 Å². The van der Waals surface area contributed by atoms with Crippen molar-refractivity contribution in [2.45, 2.75) is 51.7 Å². The molecule has 1 unspecified atom stereocenters. The van der Waals surface area contributed by atoms with E-state index >= 15 is 0 Å². The SMILES string of the molecule is CC(C)Oc1ccc(-c2nc(C3=CCCC4=C3CCC4NS(=O)(=O)CCN(C)C)no2)cc1C#N. The molecule has 1 aromatic carbocycles. The molecule has 0 spiro atoms. The zero-order chi connectivity index (χ0) is 25.2. The van der Waals surface area contributed by atoms with E-state index in [1.807, 2.05) is 32.8 Å². The highest BCUT2D eigenvalue weighted by Gasteiger charge is 2.33. The molecule has 4 rings (SSSR count). The molecule has 2 aliphatic rings. The quantitative estimate of drug-likeness (QED) is 0.559. The fourth-order valence-electron chi connectivity index (χ4n) is 4.45. The van der Waals surface area contributed by atoms with E-state index in [2.05, 4.69) is 27.0 Å². The van der Waals surface area contributed by atoms with Crippen molar-refractivity contribution in [3.63, 3.8) is 0 Å². The Morgan fingerprint density at radius 3 is 2.83 bits per heavy atom. The zero-order valence-corrected chi connectivity index (χ0v) is 21.4. The number of allylic oxidation sites excluding steroid dienone is 3. The fraction of sp³-hybridized carbons (Fsp3) is 0.480. The lowest BCUT2D eigenvalue weighted by Gasteiger charge is -2.21. The van der Waals surface area contributed by atoms with Gasteiger partial charge >= 0.3 is 0 Å². The minimum Gasteiger partial charge on any atom is -0.490 e. The maximum absolute atomic E-state index is 12.6. The Bertz CT molecular complexity index is 1300. The van der Waals surface area contributed by atoms with Crippen LogP contribution in [-0.2, 0) is 10.0 Å². The van der Waals surface area contributed by atoms with Gasteiger partial charge in [0.2, 0.25) is 15.8 Å². The molecule has 0 radical (unpaired) electrons. The Morgan fingerprint density at radius 2 is 2.11 bits per heavy atom. The summed E-state index contributed by atoms with van der Waals surface area (Å²) in [5.74, 6) is 1.38. The Morgan fingerprint density at radius 1 is 1.31 bits per heavy atom. The first-order valence-corrected chi connectivity index (χ1v) is 13.4. The summed E-state index contributed by atoms with van der Waals surface area (Å²) in [5, 5.41) is 13.7. The van der Waals surface area contributed by atoms with E-state index < -0.39 is 10.0 Å². The molecule has 0 saturated heterocycles. The molecule has 1 N–H and O–H groups in total. The van der Waals surface area contributed by atoms with Crippen LogP contribution in [0, 0.1) is 11.3 Å². The van der Waals surface area contributed by atoms with Gasteiger partial charge in [-0.1, -0.05) is 11.2 Å². The first kappa shape index (κ1) is 25.1. The minimum absolute atomic E-state index is 0.0450. The van der Waals surface area contributed by atoms with Crippen LogP contribution in [0.25, 0.3) is 17.0 Å². The number of rotatable bonds is 9. The Labute approximate surface area is 206 Å². The van der Waals surface area contributed by atoms with Gasteiger partial charge in [-0.2, -0.15) is 10.2 Å². The van der Waals surface area contributed by atoms with Crippen molar-refractivity contribution in [3.8, 4) is 23.3 Å². The summed E-state index contributed by atoms with van der Waals surface area (Å²) < 4.78 is 39.3. The van der Waals surface area contributed by atoms with Crippen LogP contribution >= 0.6 is 0 Å². The van der Waals surface area contributed by atoms with E-state index in [4.69, 9.17) is 9.26 Å². The molecule has 2 aliphatic carbocycles. The summed E-state index contributed by atoms with van der Waals surface area (Å²) in [7, 11) is 0.344. The van der Waals surface area contributed by atoms with Gasteiger partial charge < -0.3 is 14.2 Å². The number of sulfonamides is 1. The molecule has 186 valence electrons. The van der Waals surface area contributed by atoms with Gasteiger partial charge in [0.15, 0.2) is 0 Å². The third-order valence-corrected chi connectivity index (χ3v) is 7.45. The van der Waals surface area contributed by atoms with E-state index in [0.717, 1.165) is 42.4 Å². The Hall–Kier alpha value is -3.00. The predicted octanol–water partition coefficient (Wildman–Crippen LogP) is 3.51. The van der Waals surface area contributed by atoms with Crippen molar-refractivity contribution < 1.29 is 17.7 Å². The van der Waals surface area contributed by atoms with Crippen LogP contribution < -0.4 is 9.46 Å². The number of hydrogen-bond donors (Lipinski definition) is 1. The molecule has 35 heavy (non-hydrogen) atoms. The highest BCUT2D eigenvalue weighted by Crippen LogP contribution is 2.42. The van der Waals surface area contributed by atoms with Crippen LogP contribution in [0.2, 0.25) is 0 Å². The van der Waals surface area contributed by atoms with Gasteiger partial charge in [0.05, 0.1) is 17.4 Å². The largest absolute Gasteiger partial charge is 0.490 e. The highest BCUT2D eigenvalue weighted by molar-refractivity contribution is 7.89. The summed E-state index contributed by atoms with van der Waals surface area (Å²) in [6, 6.07) is 7.18. The van der Waals surface area contributed by atoms with Crippen LogP contribution in [0.3, 0.4) is 0 Å². The second kappa shape index (κ2) is 10.3. The summed E-state index contributed by atoms with van der Waals surface area (Å²) >= 11 is 0. The third kappa shape index (κ3) is 5.81. The molecule has 10 heteroatoms. The summed E-state index contributed by atoms with van der Waals surface area (Å²) in [5.41, 5.74) is 4.15. The number of ether oxygens (including phenoxy) is 1. The second-order valence-corrected chi connectivity index (χ2v) is 11.3. The molecule has 0 bridgehead atoms. The molecule has 0 amide bonds. The van der Waals surface area contributed by atoms with Crippen LogP contribution in [0.1, 0.15) is 50.9 Å². The van der Waals surface area contributed by atoms with E-state index in [-0.39, 0.29) is 17.9 Å². The van der Waals surface area contributed by atoms with Crippen molar-refractivity contribution in [1.82, 2.24) is 19.8 Å². The zero-order valence-electron chi connectivity index (χ0n) is 20.5. The normalized spacial score (nSPS) is 18.1. The molecule has 9 nitrogen and oxygen atoms in total. The topological polar surface area (TPSA) is 121 Å². The monoisotopic (exact) mass is 497 g/mol. The van der Waals surface area contributed by atoms with Gasteiger partial charge in [-0.3, -0.25) is 0 Å². The Balaban J connectivity index is 1.55. The lowest BCUT2D eigenvalue weighted by Crippen LogP contribution is -2.38. The molecule has 0 aliphatic heterocycles. The van der Waals surface area contributed by atoms with E-state index in [0.29, 0.717) is 35.1 Å². The average Bonchev–Trinajstić information content (AvgIpc) is 3.45. The first-order valence-electron chi connectivity index (χ1n) is 11.8. The van der Waals surface area contributed by atoms with Crippen molar-refractivity contribution in [1.29, 1.82) is 5.26 Å². The molecule has 0 saturated carbocycles. The number of hydrogen-bond acceptors (Lipinski definition) is 8. The third-order valence-electron chi connectivity index (χ3n) is 6.08. The van der Waals surface area contributed by atoms with Gasteiger partial charge in [0.1, 0.15) is 11.8 Å². The molecule has 0 fully saturated rings. The number of aromatic nitrogens is 2. The number of benzene rings is 1. The second-order valence-electron chi connectivity index (χ2n) is 9.40. The molecular weight excluding hydrogens is 466 g/mol. The molecule has 1 atom stereocenters. The number of nitriles is 1. The highest BCUT2D eigenvalue weighted by atomic mass is 32.2. The first-order chi connectivity index (χ1) is 16.7. The van der Waals surface area contributed by atoms with Crippen molar-refractivity contribution in [3.05, 3.63) is 46.8 Å². The maximum Gasteiger partial charge on any atom is 0.258 e. The Kier molecular flexibility index (Phi) is 7.40.